The SMILES string of the molecule is Cc1cccc([C@@H](NCc2ncc[nH]2)C(C)(C)C)c1. The van der Waals surface area contributed by atoms with Crippen LogP contribution in [0.15, 0.2) is 36.7 Å². The molecule has 19 heavy (non-hydrogen) atoms. The summed E-state index contributed by atoms with van der Waals surface area (Å²) in [6.45, 7) is 9.66. The summed E-state index contributed by atoms with van der Waals surface area (Å²) in [5.74, 6) is 0.974. The summed E-state index contributed by atoms with van der Waals surface area (Å²) in [4.78, 5) is 7.40. The van der Waals surface area contributed by atoms with E-state index in [1.165, 1.54) is 11.1 Å². The fraction of sp³-hybridized carbons (Fsp3) is 0.438. The van der Waals surface area contributed by atoms with E-state index in [1.54, 1.807) is 6.20 Å². The number of aromatic amines is 1. The lowest BCUT2D eigenvalue weighted by Gasteiger charge is -2.32. The largest absolute Gasteiger partial charge is 0.348 e. The molecule has 1 aromatic carbocycles. The van der Waals surface area contributed by atoms with Gasteiger partial charge in [0.25, 0.3) is 0 Å². The Hall–Kier alpha value is -1.61. The fourth-order valence-corrected chi connectivity index (χ4v) is 2.37. The third kappa shape index (κ3) is 3.67. The number of benzene rings is 1. The lowest BCUT2D eigenvalue weighted by Crippen LogP contribution is -2.32. The van der Waals surface area contributed by atoms with Gasteiger partial charge in [-0.3, -0.25) is 0 Å². The highest BCUT2D eigenvalue weighted by Crippen LogP contribution is 2.33. The van der Waals surface area contributed by atoms with E-state index in [4.69, 9.17) is 0 Å². The van der Waals surface area contributed by atoms with Gasteiger partial charge < -0.3 is 10.3 Å². The highest BCUT2D eigenvalue weighted by Gasteiger charge is 2.25. The second-order valence-corrected chi connectivity index (χ2v) is 6.13. The van der Waals surface area contributed by atoms with Gasteiger partial charge in [-0.05, 0) is 17.9 Å². The van der Waals surface area contributed by atoms with Gasteiger partial charge >= 0.3 is 0 Å². The van der Waals surface area contributed by atoms with Gasteiger partial charge in [0.1, 0.15) is 5.82 Å². The first-order valence-electron chi connectivity index (χ1n) is 6.75. The minimum Gasteiger partial charge on any atom is -0.348 e. The van der Waals surface area contributed by atoms with Gasteiger partial charge in [-0.2, -0.15) is 0 Å². The Balaban J connectivity index is 2.17. The van der Waals surface area contributed by atoms with Gasteiger partial charge in [-0.15, -0.1) is 0 Å². The minimum atomic E-state index is 0.153. The molecule has 1 heterocycles. The Kier molecular flexibility index (Phi) is 4.05. The molecule has 0 saturated heterocycles. The van der Waals surface area contributed by atoms with Crippen molar-refractivity contribution in [3.63, 3.8) is 0 Å². The summed E-state index contributed by atoms with van der Waals surface area (Å²) in [7, 11) is 0. The summed E-state index contributed by atoms with van der Waals surface area (Å²) in [5.41, 5.74) is 2.78. The highest BCUT2D eigenvalue weighted by molar-refractivity contribution is 5.26. The van der Waals surface area contributed by atoms with Crippen molar-refractivity contribution in [1.82, 2.24) is 15.3 Å². The van der Waals surface area contributed by atoms with Crippen molar-refractivity contribution in [3.05, 3.63) is 53.6 Å². The molecule has 1 aromatic heterocycles. The monoisotopic (exact) mass is 257 g/mol. The van der Waals surface area contributed by atoms with Crippen LogP contribution in [0, 0.1) is 12.3 Å². The molecule has 0 amide bonds. The van der Waals surface area contributed by atoms with Crippen LogP contribution in [0.25, 0.3) is 0 Å². The van der Waals surface area contributed by atoms with Gasteiger partial charge in [-0.1, -0.05) is 50.6 Å². The molecule has 3 heteroatoms. The zero-order valence-electron chi connectivity index (χ0n) is 12.2. The molecule has 0 bridgehead atoms. The van der Waals surface area contributed by atoms with E-state index >= 15 is 0 Å². The van der Waals surface area contributed by atoms with Crippen molar-refractivity contribution in [2.75, 3.05) is 0 Å². The molecule has 2 N–H and O–H groups in total. The zero-order chi connectivity index (χ0) is 13.9. The van der Waals surface area contributed by atoms with Gasteiger partial charge in [0, 0.05) is 18.4 Å². The van der Waals surface area contributed by atoms with Gasteiger partial charge in [0.05, 0.1) is 6.54 Å². The lowest BCUT2D eigenvalue weighted by molar-refractivity contribution is 0.269. The molecule has 102 valence electrons. The molecular weight excluding hydrogens is 234 g/mol. The third-order valence-corrected chi connectivity index (χ3v) is 3.27. The van der Waals surface area contributed by atoms with Crippen LogP contribution in [-0.4, -0.2) is 9.97 Å². The van der Waals surface area contributed by atoms with Gasteiger partial charge in [-0.25, -0.2) is 4.98 Å². The molecule has 3 nitrogen and oxygen atoms in total. The molecule has 0 aliphatic carbocycles. The maximum atomic E-state index is 4.26. The zero-order valence-corrected chi connectivity index (χ0v) is 12.2. The standard InChI is InChI=1S/C16H23N3/c1-12-6-5-7-13(10-12)15(16(2,3)4)19-11-14-17-8-9-18-14/h5-10,15,19H,11H2,1-4H3,(H,17,18)/t15-/m1/s1. The topological polar surface area (TPSA) is 40.7 Å². The average Bonchev–Trinajstić information content (AvgIpc) is 2.80. The summed E-state index contributed by atoms with van der Waals surface area (Å²) >= 11 is 0. The number of H-pyrrole nitrogens is 1. The van der Waals surface area contributed by atoms with Crippen molar-refractivity contribution >= 4 is 0 Å². The number of nitrogens with zero attached hydrogens (tertiary/aromatic N) is 1. The van der Waals surface area contributed by atoms with Crippen LogP contribution in [0.1, 0.15) is 43.8 Å². The summed E-state index contributed by atoms with van der Waals surface area (Å²) in [5, 5.41) is 3.61. The Bertz CT molecular complexity index is 509. The molecule has 0 saturated carbocycles. The van der Waals surface area contributed by atoms with Crippen LogP contribution in [0.2, 0.25) is 0 Å². The predicted molar refractivity (Wildman–Crippen MR) is 78.8 cm³/mol. The van der Waals surface area contributed by atoms with Gasteiger partial charge in [0.2, 0.25) is 0 Å². The maximum Gasteiger partial charge on any atom is 0.120 e. The van der Waals surface area contributed by atoms with Crippen LogP contribution < -0.4 is 5.32 Å². The Morgan fingerprint density at radius 2 is 2.11 bits per heavy atom. The quantitative estimate of drug-likeness (QED) is 0.878. The Morgan fingerprint density at radius 1 is 1.32 bits per heavy atom. The number of nitrogens with one attached hydrogen (secondary N) is 2. The van der Waals surface area contributed by atoms with Crippen molar-refractivity contribution in [2.45, 2.75) is 40.3 Å². The Morgan fingerprint density at radius 3 is 2.68 bits per heavy atom. The molecular formula is C16H23N3. The van der Waals surface area contributed by atoms with Crippen LogP contribution >= 0.6 is 0 Å². The lowest BCUT2D eigenvalue weighted by atomic mass is 9.82. The molecule has 0 spiro atoms. The van der Waals surface area contributed by atoms with Gasteiger partial charge in [0.15, 0.2) is 0 Å². The molecule has 2 rings (SSSR count). The molecule has 2 aromatic rings. The van der Waals surface area contributed by atoms with E-state index in [1.807, 2.05) is 6.20 Å². The Labute approximate surface area is 115 Å². The number of imidazole rings is 1. The first-order valence-corrected chi connectivity index (χ1v) is 6.75. The highest BCUT2D eigenvalue weighted by atomic mass is 15.0. The van der Waals surface area contributed by atoms with Crippen molar-refractivity contribution in [2.24, 2.45) is 5.41 Å². The molecule has 0 aliphatic rings. The fourth-order valence-electron chi connectivity index (χ4n) is 2.37. The molecule has 0 aliphatic heterocycles. The summed E-state index contributed by atoms with van der Waals surface area (Å²) in [6.07, 6.45) is 3.64. The second-order valence-electron chi connectivity index (χ2n) is 6.13. The molecule has 1 atom stereocenters. The number of aryl methyl sites for hydroxylation is 1. The first kappa shape index (κ1) is 13.8. The van der Waals surface area contributed by atoms with Crippen molar-refractivity contribution in [1.29, 1.82) is 0 Å². The number of hydrogen-bond donors (Lipinski definition) is 2. The van der Waals surface area contributed by atoms with E-state index in [0.29, 0.717) is 6.04 Å². The molecule has 0 radical (unpaired) electrons. The van der Waals surface area contributed by atoms with Crippen LogP contribution in [0.4, 0.5) is 0 Å². The summed E-state index contributed by atoms with van der Waals surface area (Å²) < 4.78 is 0. The predicted octanol–water partition coefficient (Wildman–Crippen LogP) is 3.60. The number of aromatic nitrogens is 2. The van der Waals surface area contributed by atoms with E-state index in [9.17, 15) is 0 Å². The van der Waals surface area contributed by atoms with Crippen molar-refractivity contribution < 1.29 is 0 Å². The summed E-state index contributed by atoms with van der Waals surface area (Å²) in [6, 6.07) is 9.01. The van der Waals surface area contributed by atoms with Crippen LogP contribution in [-0.2, 0) is 6.54 Å². The third-order valence-electron chi connectivity index (χ3n) is 3.27. The minimum absolute atomic E-state index is 0.153. The van der Waals surface area contributed by atoms with Crippen LogP contribution in [0.3, 0.4) is 0 Å². The molecule has 0 fully saturated rings. The van der Waals surface area contributed by atoms with Crippen LogP contribution in [0.5, 0.6) is 0 Å². The van der Waals surface area contributed by atoms with E-state index in [0.717, 1.165) is 12.4 Å². The molecule has 0 unspecified atom stereocenters. The normalized spacial score (nSPS) is 13.5. The number of rotatable bonds is 4. The maximum absolute atomic E-state index is 4.26. The van der Waals surface area contributed by atoms with E-state index < -0.39 is 0 Å². The number of hydrogen-bond acceptors (Lipinski definition) is 2. The van der Waals surface area contributed by atoms with E-state index in [-0.39, 0.29) is 5.41 Å². The van der Waals surface area contributed by atoms with Crippen molar-refractivity contribution in [3.8, 4) is 0 Å². The second kappa shape index (κ2) is 5.57. The first-order chi connectivity index (χ1) is 8.97. The average molecular weight is 257 g/mol. The van der Waals surface area contributed by atoms with E-state index in [2.05, 4.69) is 67.2 Å². The smallest absolute Gasteiger partial charge is 0.120 e.